The summed E-state index contributed by atoms with van der Waals surface area (Å²) < 4.78 is 26.1. The highest BCUT2D eigenvalue weighted by Gasteiger charge is 2.33. The maximum absolute atomic E-state index is 11.8. The van der Waals surface area contributed by atoms with Crippen molar-refractivity contribution in [2.24, 2.45) is 11.8 Å². The second-order valence-corrected chi connectivity index (χ2v) is 7.95. The summed E-state index contributed by atoms with van der Waals surface area (Å²) in [5, 5.41) is 10.3. The van der Waals surface area contributed by atoms with Gasteiger partial charge in [-0.2, -0.15) is 0 Å². The Bertz CT molecular complexity index is 360. The molecule has 1 aliphatic rings. The average Bonchev–Trinajstić information content (AvgIpc) is 2.26. The van der Waals surface area contributed by atoms with E-state index in [1.165, 1.54) is 0 Å². The van der Waals surface area contributed by atoms with Crippen LogP contribution in [-0.2, 0) is 10.0 Å². The quantitative estimate of drug-likeness (QED) is 0.734. The van der Waals surface area contributed by atoms with Gasteiger partial charge in [0.05, 0.1) is 11.4 Å². The van der Waals surface area contributed by atoms with Crippen molar-refractivity contribution in [3.05, 3.63) is 0 Å². The summed E-state index contributed by atoms with van der Waals surface area (Å²) in [5.41, 5.74) is -0.880. The summed E-state index contributed by atoms with van der Waals surface area (Å²) in [6, 6.07) is 0. The van der Waals surface area contributed by atoms with Crippen LogP contribution < -0.4 is 4.72 Å². The van der Waals surface area contributed by atoms with Gasteiger partial charge >= 0.3 is 0 Å². The Balaban J connectivity index is 2.48. The SMILES string of the molecule is CC1CCCC(O)(CNS(=O)(=O)CC(C)CCl)C1. The fourth-order valence-electron chi connectivity index (χ4n) is 2.52. The fourth-order valence-corrected chi connectivity index (χ4v) is 4.23. The van der Waals surface area contributed by atoms with Gasteiger partial charge < -0.3 is 5.11 Å². The Morgan fingerprint density at radius 3 is 2.78 bits per heavy atom. The number of hydrogen-bond donors (Lipinski definition) is 2. The molecule has 0 saturated heterocycles. The minimum atomic E-state index is -3.34. The van der Waals surface area contributed by atoms with E-state index in [1.54, 1.807) is 6.92 Å². The van der Waals surface area contributed by atoms with E-state index in [2.05, 4.69) is 11.6 Å². The maximum Gasteiger partial charge on any atom is 0.211 e. The number of rotatable bonds is 6. The molecule has 0 bridgehead atoms. The highest BCUT2D eigenvalue weighted by atomic mass is 35.5. The van der Waals surface area contributed by atoms with E-state index in [-0.39, 0.29) is 18.2 Å². The van der Waals surface area contributed by atoms with Crippen LogP contribution in [0.2, 0.25) is 0 Å². The van der Waals surface area contributed by atoms with Gasteiger partial charge in [-0.3, -0.25) is 0 Å². The number of sulfonamides is 1. The standard InChI is InChI=1S/C12H24ClNO3S/c1-10-4-3-5-12(15,6-10)9-14-18(16,17)8-11(2)7-13/h10-11,14-15H,3-9H2,1-2H3. The van der Waals surface area contributed by atoms with Crippen molar-refractivity contribution < 1.29 is 13.5 Å². The van der Waals surface area contributed by atoms with E-state index >= 15 is 0 Å². The normalized spacial score (nSPS) is 31.2. The smallest absolute Gasteiger partial charge is 0.211 e. The van der Waals surface area contributed by atoms with Crippen LogP contribution in [0.3, 0.4) is 0 Å². The van der Waals surface area contributed by atoms with E-state index in [9.17, 15) is 13.5 Å². The molecule has 0 radical (unpaired) electrons. The third-order valence-electron chi connectivity index (χ3n) is 3.46. The van der Waals surface area contributed by atoms with E-state index in [0.717, 1.165) is 12.8 Å². The van der Waals surface area contributed by atoms with Crippen molar-refractivity contribution in [2.75, 3.05) is 18.2 Å². The third kappa shape index (κ3) is 5.43. The molecule has 3 unspecified atom stereocenters. The van der Waals surface area contributed by atoms with Crippen molar-refractivity contribution in [3.8, 4) is 0 Å². The van der Waals surface area contributed by atoms with Crippen molar-refractivity contribution in [1.82, 2.24) is 4.72 Å². The van der Waals surface area contributed by atoms with Crippen LogP contribution in [0.5, 0.6) is 0 Å². The van der Waals surface area contributed by atoms with Gasteiger partial charge in [-0.05, 0) is 24.7 Å². The van der Waals surface area contributed by atoms with Crippen molar-refractivity contribution in [2.45, 2.75) is 45.1 Å². The van der Waals surface area contributed by atoms with E-state index < -0.39 is 15.6 Å². The molecule has 18 heavy (non-hydrogen) atoms. The summed E-state index contributed by atoms with van der Waals surface area (Å²) in [5.74, 6) is 0.712. The van der Waals surface area contributed by atoms with Gasteiger partial charge in [0, 0.05) is 12.4 Å². The molecule has 1 fully saturated rings. The first-order valence-electron chi connectivity index (χ1n) is 6.52. The third-order valence-corrected chi connectivity index (χ3v) is 5.57. The molecule has 6 heteroatoms. The lowest BCUT2D eigenvalue weighted by Gasteiger charge is -2.35. The zero-order valence-electron chi connectivity index (χ0n) is 11.2. The first-order valence-corrected chi connectivity index (χ1v) is 8.71. The van der Waals surface area contributed by atoms with Crippen molar-refractivity contribution >= 4 is 21.6 Å². The van der Waals surface area contributed by atoms with Crippen LogP contribution >= 0.6 is 11.6 Å². The molecule has 0 amide bonds. The van der Waals surface area contributed by atoms with Crippen LogP contribution in [0, 0.1) is 11.8 Å². The van der Waals surface area contributed by atoms with Gasteiger partial charge in [-0.1, -0.05) is 26.7 Å². The summed E-state index contributed by atoms with van der Waals surface area (Å²) in [7, 11) is -3.34. The summed E-state index contributed by atoms with van der Waals surface area (Å²) >= 11 is 5.61. The van der Waals surface area contributed by atoms with Gasteiger partial charge in [0.1, 0.15) is 0 Å². The molecule has 108 valence electrons. The molecular formula is C12H24ClNO3S. The van der Waals surface area contributed by atoms with Crippen LogP contribution in [-0.4, -0.2) is 37.3 Å². The molecule has 0 aliphatic heterocycles. The van der Waals surface area contributed by atoms with Gasteiger partial charge in [0.15, 0.2) is 0 Å². The fraction of sp³-hybridized carbons (Fsp3) is 1.00. The topological polar surface area (TPSA) is 66.4 Å². The first-order chi connectivity index (χ1) is 8.26. The lowest BCUT2D eigenvalue weighted by atomic mass is 9.79. The lowest BCUT2D eigenvalue weighted by molar-refractivity contribution is -0.00752. The molecular weight excluding hydrogens is 274 g/mol. The molecule has 4 nitrogen and oxygen atoms in total. The number of nitrogens with one attached hydrogen (secondary N) is 1. The molecule has 1 aliphatic carbocycles. The number of hydrogen-bond acceptors (Lipinski definition) is 3. The van der Waals surface area contributed by atoms with Crippen LogP contribution in [0.15, 0.2) is 0 Å². The molecule has 0 aromatic carbocycles. The first kappa shape index (κ1) is 16.2. The van der Waals surface area contributed by atoms with Crippen LogP contribution in [0.1, 0.15) is 39.5 Å². The zero-order valence-corrected chi connectivity index (χ0v) is 12.7. The second-order valence-electron chi connectivity index (χ2n) is 5.79. The second kappa shape index (κ2) is 6.55. The van der Waals surface area contributed by atoms with Crippen LogP contribution in [0.4, 0.5) is 0 Å². The summed E-state index contributed by atoms with van der Waals surface area (Å²) in [6.07, 6.45) is 3.40. The highest BCUT2D eigenvalue weighted by Crippen LogP contribution is 2.31. The molecule has 0 aromatic rings. The molecule has 2 N–H and O–H groups in total. The number of aliphatic hydroxyl groups is 1. The summed E-state index contributed by atoms with van der Waals surface area (Å²) in [4.78, 5) is 0. The molecule has 0 spiro atoms. The van der Waals surface area contributed by atoms with Gasteiger partial charge in [-0.25, -0.2) is 13.1 Å². The maximum atomic E-state index is 11.8. The van der Waals surface area contributed by atoms with Gasteiger partial charge in [-0.15, -0.1) is 11.6 Å². The number of halogens is 1. The minimum absolute atomic E-state index is 0.0160. The molecule has 1 rings (SSSR count). The molecule has 1 saturated carbocycles. The number of alkyl halides is 1. The Hall–Kier alpha value is 0.160. The Kier molecular flexibility index (Phi) is 5.90. The molecule has 0 aromatic heterocycles. The monoisotopic (exact) mass is 297 g/mol. The predicted molar refractivity (Wildman–Crippen MR) is 74.3 cm³/mol. The highest BCUT2D eigenvalue weighted by molar-refractivity contribution is 7.89. The van der Waals surface area contributed by atoms with E-state index in [0.29, 0.717) is 24.6 Å². The lowest BCUT2D eigenvalue weighted by Crippen LogP contribution is -2.46. The Labute approximate surface area is 115 Å². The molecule has 3 atom stereocenters. The summed E-state index contributed by atoms with van der Waals surface area (Å²) in [6.45, 7) is 4.01. The minimum Gasteiger partial charge on any atom is -0.389 e. The van der Waals surface area contributed by atoms with Gasteiger partial charge in [0.2, 0.25) is 10.0 Å². The largest absolute Gasteiger partial charge is 0.389 e. The van der Waals surface area contributed by atoms with Gasteiger partial charge in [0.25, 0.3) is 0 Å². The Morgan fingerprint density at radius 2 is 2.22 bits per heavy atom. The Morgan fingerprint density at radius 1 is 1.56 bits per heavy atom. The zero-order chi connectivity index (χ0) is 13.8. The van der Waals surface area contributed by atoms with Crippen molar-refractivity contribution in [1.29, 1.82) is 0 Å². The predicted octanol–water partition coefficient (Wildman–Crippen LogP) is 1.72. The average molecular weight is 298 g/mol. The molecule has 0 heterocycles. The van der Waals surface area contributed by atoms with E-state index in [1.807, 2.05) is 0 Å². The van der Waals surface area contributed by atoms with E-state index in [4.69, 9.17) is 11.6 Å². The van der Waals surface area contributed by atoms with Crippen molar-refractivity contribution in [3.63, 3.8) is 0 Å². The van der Waals surface area contributed by atoms with Crippen LogP contribution in [0.25, 0.3) is 0 Å².